The molecule has 1 aromatic heterocycles. The van der Waals surface area contributed by atoms with Crippen LogP contribution in [0.25, 0.3) is 0 Å². The average molecular weight is 339 g/mol. The molecule has 0 aliphatic carbocycles. The zero-order valence-corrected chi connectivity index (χ0v) is 13.3. The van der Waals surface area contributed by atoms with E-state index < -0.39 is 0 Å². The number of rotatable bonds is 4. The van der Waals surface area contributed by atoms with Gasteiger partial charge in [-0.25, -0.2) is 0 Å². The molecule has 1 atom stereocenters. The van der Waals surface area contributed by atoms with Crippen LogP contribution in [0.5, 0.6) is 0 Å². The minimum atomic E-state index is -0.105. The molecule has 22 heavy (non-hydrogen) atoms. The van der Waals surface area contributed by atoms with Crippen LogP contribution in [0.1, 0.15) is 23.6 Å². The number of carbonyl (C=O) groups excluding carboxylic acids is 1. The normalized spacial score (nSPS) is 17.6. The second-order valence-corrected chi connectivity index (χ2v) is 6.17. The molecule has 0 saturated carbocycles. The molecule has 0 bridgehead atoms. The van der Waals surface area contributed by atoms with Gasteiger partial charge in [0.05, 0.1) is 34.0 Å². The van der Waals surface area contributed by atoms with Crippen LogP contribution >= 0.6 is 23.2 Å². The number of benzene rings is 1. The number of nitrogens with one attached hydrogen (secondary N) is 3. The number of aromatic nitrogens is 2. The molecular formula is C15H16Cl2N4O. The maximum Gasteiger partial charge on any atom is 0.228 e. The van der Waals surface area contributed by atoms with E-state index in [4.69, 9.17) is 23.2 Å². The van der Waals surface area contributed by atoms with Crippen LogP contribution in [0, 0.1) is 0 Å². The van der Waals surface area contributed by atoms with Crippen LogP contribution in [0.2, 0.25) is 10.0 Å². The van der Waals surface area contributed by atoms with E-state index in [0.29, 0.717) is 16.0 Å². The van der Waals surface area contributed by atoms with Gasteiger partial charge in [-0.1, -0.05) is 29.3 Å². The molecule has 2 heterocycles. The summed E-state index contributed by atoms with van der Waals surface area (Å²) in [7, 11) is 0. The molecule has 1 aliphatic heterocycles. The summed E-state index contributed by atoms with van der Waals surface area (Å²) >= 11 is 11.8. The van der Waals surface area contributed by atoms with Gasteiger partial charge in [0.15, 0.2) is 0 Å². The lowest BCUT2D eigenvalue weighted by atomic mass is 10.0. The van der Waals surface area contributed by atoms with E-state index >= 15 is 0 Å². The Hall–Kier alpha value is -1.56. The van der Waals surface area contributed by atoms with Crippen molar-refractivity contribution in [3.63, 3.8) is 0 Å². The first kappa shape index (κ1) is 15.3. The second-order valence-electron chi connectivity index (χ2n) is 5.36. The van der Waals surface area contributed by atoms with Gasteiger partial charge in [-0.05, 0) is 30.7 Å². The molecule has 1 unspecified atom stereocenters. The van der Waals surface area contributed by atoms with Gasteiger partial charge in [0.1, 0.15) is 0 Å². The van der Waals surface area contributed by atoms with Gasteiger partial charge in [0, 0.05) is 12.5 Å². The van der Waals surface area contributed by atoms with Crippen molar-refractivity contribution in [3.05, 3.63) is 45.7 Å². The van der Waals surface area contributed by atoms with Crippen LogP contribution in [0.15, 0.2) is 24.4 Å². The molecule has 0 radical (unpaired) electrons. The Morgan fingerprint density at radius 2 is 2.23 bits per heavy atom. The second kappa shape index (κ2) is 6.69. The Morgan fingerprint density at radius 3 is 2.95 bits per heavy atom. The van der Waals surface area contributed by atoms with Crippen LogP contribution in [-0.4, -0.2) is 29.2 Å². The van der Waals surface area contributed by atoms with E-state index in [1.807, 2.05) is 0 Å². The van der Waals surface area contributed by atoms with Gasteiger partial charge in [-0.3, -0.25) is 9.89 Å². The molecule has 3 N–H and O–H groups in total. The molecule has 1 fully saturated rings. The number of nitrogens with zero attached hydrogens (tertiary/aromatic N) is 1. The summed E-state index contributed by atoms with van der Waals surface area (Å²) in [5, 5.41) is 14.2. The molecule has 1 aliphatic rings. The largest absolute Gasteiger partial charge is 0.323 e. The number of hydrogen-bond acceptors (Lipinski definition) is 3. The highest BCUT2D eigenvalue weighted by atomic mass is 35.5. The maximum absolute atomic E-state index is 12.2. The van der Waals surface area contributed by atoms with E-state index in [2.05, 4.69) is 20.8 Å². The van der Waals surface area contributed by atoms with Crippen molar-refractivity contribution in [2.24, 2.45) is 0 Å². The molecule has 5 nitrogen and oxygen atoms in total. The van der Waals surface area contributed by atoms with Gasteiger partial charge in [-0.15, -0.1) is 0 Å². The predicted molar refractivity (Wildman–Crippen MR) is 87.6 cm³/mol. The number of carbonyl (C=O) groups is 1. The summed E-state index contributed by atoms with van der Waals surface area (Å²) in [6, 6.07) is 5.20. The van der Waals surface area contributed by atoms with Crippen LogP contribution in [-0.2, 0) is 11.2 Å². The lowest BCUT2D eigenvalue weighted by Crippen LogP contribution is -2.16. The number of anilines is 1. The summed E-state index contributed by atoms with van der Waals surface area (Å²) in [5.74, 6) is 0.259. The third-order valence-electron chi connectivity index (χ3n) is 3.76. The van der Waals surface area contributed by atoms with E-state index in [9.17, 15) is 4.79 Å². The number of amides is 1. The van der Waals surface area contributed by atoms with Gasteiger partial charge < -0.3 is 10.6 Å². The molecule has 7 heteroatoms. The topological polar surface area (TPSA) is 69.8 Å². The molecule has 1 aromatic carbocycles. The molecular weight excluding hydrogens is 323 g/mol. The predicted octanol–water partition coefficient (Wildman–Crippen LogP) is 2.97. The van der Waals surface area contributed by atoms with Gasteiger partial charge in [-0.2, -0.15) is 5.10 Å². The quantitative estimate of drug-likeness (QED) is 0.802. The van der Waals surface area contributed by atoms with Gasteiger partial charge in [0.2, 0.25) is 5.91 Å². The lowest BCUT2D eigenvalue weighted by Gasteiger charge is -2.10. The Labute approximate surface area is 138 Å². The average Bonchev–Trinajstić information content (AvgIpc) is 3.13. The summed E-state index contributed by atoms with van der Waals surface area (Å²) < 4.78 is 0. The lowest BCUT2D eigenvalue weighted by molar-refractivity contribution is -0.115. The van der Waals surface area contributed by atoms with Crippen molar-refractivity contribution in [1.82, 2.24) is 15.5 Å². The fraction of sp³-hybridized carbons (Fsp3) is 0.333. The van der Waals surface area contributed by atoms with Crippen LogP contribution < -0.4 is 10.6 Å². The zero-order chi connectivity index (χ0) is 15.5. The van der Waals surface area contributed by atoms with E-state index in [0.717, 1.165) is 36.5 Å². The molecule has 3 rings (SSSR count). The first-order valence-electron chi connectivity index (χ1n) is 7.11. The molecule has 1 saturated heterocycles. The monoisotopic (exact) mass is 338 g/mol. The number of halogens is 2. The van der Waals surface area contributed by atoms with Crippen molar-refractivity contribution in [2.45, 2.75) is 18.8 Å². The third-order valence-corrected chi connectivity index (χ3v) is 4.50. The highest BCUT2D eigenvalue weighted by Gasteiger charge is 2.22. The first-order chi connectivity index (χ1) is 10.6. The third kappa shape index (κ3) is 3.43. The molecule has 1 amide bonds. The summed E-state index contributed by atoms with van der Waals surface area (Å²) in [6.07, 6.45) is 2.93. The number of aromatic amines is 1. The molecule has 2 aromatic rings. The Morgan fingerprint density at radius 1 is 1.36 bits per heavy atom. The smallest absolute Gasteiger partial charge is 0.228 e. The number of hydrogen-bond donors (Lipinski definition) is 3. The molecule has 116 valence electrons. The van der Waals surface area contributed by atoms with Crippen molar-refractivity contribution in [3.8, 4) is 0 Å². The minimum absolute atomic E-state index is 0.105. The van der Waals surface area contributed by atoms with E-state index in [1.165, 1.54) is 0 Å². The fourth-order valence-corrected chi connectivity index (χ4v) is 2.96. The van der Waals surface area contributed by atoms with Crippen LogP contribution in [0.4, 0.5) is 5.69 Å². The molecule has 0 spiro atoms. The van der Waals surface area contributed by atoms with Crippen molar-refractivity contribution < 1.29 is 4.79 Å². The fourth-order valence-electron chi connectivity index (χ4n) is 2.64. The maximum atomic E-state index is 12.2. The number of H-pyrrole nitrogens is 1. The van der Waals surface area contributed by atoms with Gasteiger partial charge in [0.25, 0.3) is 0 Å². The summed E-state index contributed by atoms with van der Waals surface area (Å²) in [4.78, 5) is 12.2. The summed E-state index contributed by atoms with van der Waals surface area (Å²) in [6.45, 7) is 1.89. The first-order valence-corrected chi connectivity index (χ1v) is 7.87. The van der Waals surface area contributed by atoms with Crippen molar-refractivity contribution in [1.29, 1.82) is 0 Å². The van der Waals surface area contributed by atoms with Crippen molar-refractivity contribution in [2.75, 3.05) is 18.4 Å². The van der Waals surface area contributed by atoms with Gasteiger partial charge >= 0.3 is 0 Å². The Bertz CT molecular complexity index is 680. The van der Waals surface area contributed by atoms with Crippen LogP contribution in [0.3, 0.4) is 0 Å². The minimum Gasteiger partial charge on any atom is -0.323 e. The highest BCUT2D eigenvalue weighted by Crippen LogP contribution is 2.27. The summed E-state index contributed by atoms with van der Waals surface area (Å²) in [5.41, 5.74) is 2.55. The van der Waals surface area contributed by atoms with Crippen molar-refractivity contribution >= 4 is 34.8 Å². The SMILES string of the molecule is O=C(Cc1ccc(Cl)c(Cl)c1)Nc1cn[nH]c1C1CCNC1. The standard InChI is InChI=1S/C15H16Cl2N4O/c16-11-2-1-9(5-12(11)17)6-14(22)20-13-8-19-21-15(13)10-3-4-18-7-10/h1-2,5,8,10,18H,3-4,6-7H2,(H,19,21)(H,20,22). The van der Waals surface area contributed by atoms with E-state index in [-0.39, 0.29) is 12.3 Å². The zero-order valence-electron chi connectivity index (χ0n) is 11.8. The highest BCUT2D eigenvalue weighted by molar-refractivity contribution is 6.42. The van der Waals surface area contributed by atoms with E-state index in [1.54, 1.807) is 24.4 Å². The Kier molecular flexibility index (Phi) is 4.66. The Balaban J connectivity index is 1.67.